The van der Waals surface area contributed by atoms with Gasteiger partial charge in [0.05, 0.1) is 6.61 Å². The van der Waals surface area contributed by atoms with Crippen LogP contribution in [0.2, 0.25) is 0 Å². The molecule has 1 aromatic carbocycles. The zero-order chi connectivity index (χ0) is 18.4. The number of phenols is 1. The maximum absolute atomic E-state index is 13.5. The van der Waals surface area contributed by atoms with Gasteiger partial charge in [0, 0.05) is 17.8 Å². The van der Waals surface area contributed by atoms with E-state index in [1.165, 1.54) is 37.8 Å². The van der Waals surface area contributed by atoms with Crippen molar-refractivity contribution in [2.45, 2.75) is 51.5 Å². The third kappa shape index (κ3) is 4.93. The van der Waals surface area contributed by atoms with E-state index in [4.69, 9.17) is 4.74 Å². The molecule has 0 amide bonds. The van der Waals surface area contributed by atoms with Gasteiger partial charge < -0.3 is 20.5 Å². The summed E-state index contributed by atoms with van der Waals surface area (Å²) in [6, 6.07) is 4.53. The average Bonchev–Trinajstić information content (AvgIpc) is 2.87. The van der Waals surface area contributed by atoms with Crippen LogP contribution in [0.1, 0.15) is 45.4 Å². The fourth-order valence-corrected chi connectivity index (χ4v) is 2.99. The number of rotatable bonds is 6. The second-order valence-corrected chi connectivity index (χ2v) is 6.32. The predicted octanol–water partition coefficient (Wildman–Crippen LogP) is 3.99. The van der Waals surface area contributed by atoms with Crippen LogP contribution in [-0.4, -0.2) is 32.7 Å². The minimum atomic E-state index is -0.717. The Labute approximate surface area is 152 Å². The smallest absolute Gasteiger partial charge is 0.323 e. The van der Waals surface area contributed by atoms with E-state index in [2.05, 4.69) is 25.6 Å². The molecule has 8 heteroatoms. The SMILES string of the molecule is CCOc1nc(Nc2ccc(O)c(F)c2)nc(NC2CCCCCC2)n1. The molecule has 0 spiro atoms. The Morgan fingerprint density at radius 2 is 1.85 bits per heavy atom. The Balaban J connectivity index is 1.79. The number of phenolic OH excluding ortho intramolecular Hbond substituents is 1. The van der Waals surface area contributed by atoms with E-state index in [0.717, 1.165) is 12.8 Å². The molecule has 3 N–H and O–H groups in total. The molecular weight excluding hydrogens is 337 g/mol. The molecule has 3 rings (SSSR count). The van der Waals surface area contributed by atoms with Gasteiger partial charge in [-0.1, -0.05) is 25.7 Å². The molecule has 1 saturated carbocycles. The van der Waals surface area contributed by atoms with E-state index in [1.54, 1.807) is 6.07 Å². The highest BCUT2D eigenvalue weighted by atomic mass is 19.1. The number of aromatic hydroxyl groups is 1. The Morgan fingerprint density at radius 3 is 2.54 bits per heavy atom. The number of hydrogen-bond donors (Lipinski definition) is 3. The van der Waals surface area contributed by atoms with E-state index in [1.807, 2.05) is 6.92 Å². The van der Waals surface area contributed by atoms with Gasteiger partial charge in [-0.05, 0) is 31.9 Å². The summed E-state index contributed by atoms with van der Waals surface area (Å²) in [7, 11) is 0. The van der Waals surface area contributed by atoms with Crippen molar-refractivity contribution in [3.63, 3.8) is 0 Å². The summed E-state index contributed by atoms with van der Waals surface area (Å²) in [5, 5.41) is 15.6. The second kappa shape index (κ2) is 8.64. The zero-order valence-electron chi connectivity index (χ0n) is 14.8. The van der Waals surface area contributed by atoms with Crippen LogP contribution in [-0.2, 0) is 0 Å². The normalized spacial score (nSPS) is 15.3. The van der Waals surface area contributed by atoms with Crippen LogP contribution >= 0.6 is 0 Å². The average molecular weight is 361 g/mol. The molecule has 0 unspecified atom stereocenters. The monoisotopic (exact) mass is 361 g/mol. The summed E-state index contributed by atoms with van der Waals surface area (Å²) in [6.45, 7) is 2.28. The van der Waals surface area contributed by atoms with Crippen molar-refractivity contribution >= 4 is 17.6 Å². The van der Waals surface area contributed by atoms with Crippen molar-refractivity contribution in [3.05, 3.63) is 24.0 Å². The molecule has 0 bridgehead atoms. The quantitative estimate of drug-likeness (QED) is 0.529. The highest BCUT2D eigenvalue weighted by Crippen LogP contribution is 2.24. The molecule has 7 nitrogen and oxygen atoms in total. The topological polar surface area (TPSA) is 92.2 Å². The largest absolute Gasteiger partial charge is 0.505 e. The van der Waals surface area contributed by atoms with Crippen LogP contribution in [0.5, 0.6) is 11.8 Å². The summed E-state index contributed by atoms with van der Waals surface area (Å²) in [6.07, 6.45) is 7.08. The van der Waals surface area contributed by atoms with Crippen molar-refractivity contribution in [3.8, 4) is 11.8 Å². The van der Waals surface area contributed by atoms with Gasteiger partial charge in [0.15, 0.2) is 11.6 Å². The Hall–Kier alpha value is -2.64. The first-order chi connectivity index (χ1) is 12.6. The Morgan fingerprint density at radius 1 is 1.12 bits per heavy atom. The van der Waals surface area contributed by atoms with E-state index in [0.29, 0.717) is 24.3 Å². The molecule has 140 valence electrons. The van der Waals surface area contributed by atoms with Crippen LogP contribution in [0.15, 0.2) is 18.2 Å². The van der Waals surface area contributed by atoms with Gasteiger partial charge in [0.1, 0.15) is 0 Å². The van der Waals surface area contributed by atoms with Gasteiger partial charge in [-0.15, -0.1) is 0 Å². The number of nitrogens with zero attached hydrogens (tertiary/aromatic N) is 3. The molecule has 26 heavy (non-hydrogen) atoms. The van der Waals surface area contributed by atoms with Crippen molar-refractivity contribution in [1.29, 1.82) is 0 Å². The maximum Gasteiger partial charge on any atom is 0.323 e. The maximum atomic E-state index is 13.5. The van der Waals surface area contributed by atoms with E-state index in [9.17, 15) is 9.50 Å². The molecular formula is C18H24FN5O2. The molecule has 1 aliphatic rings. The number of benzene rings is 1. The van der Waals surface area contributed by atoms with Crippen LogP contribution in [0.3, 0.4) is 0 Å². The lowest BCUT2D eigenvalue weighted by atomic mass is 10.1. The van der Waals surface area contributed by atoms with E-state index < -0.39 is 11.6 Å². The molecule has 1 heterocycles. The predicted molar refractivity (Wildman–Crippen MR) is 97.5 cm³/mol. The van der Waals surface area contributed by atoms with Crippen LogP contribution in [0.4, 0.5) is 22.0 Å². The molecule has 0 saturated heterocycles. The molecule has 1 fully saturated rings. The first kappa shape index (κ1) is 18.2. The highest BCUT2D eigenvalue weighted by molar-refractivity contribution is 5.56. The molecule has 0 atom stereocenters. The van der Waals surface area contributed by atoms with Crippen LogP contribution in [0, 0.1) is 5.82 Å². The van der Waals surface area contributed by atoms with Gasteiger partial charge in [0.2, 0.25) is 11.9 Å². The fourth-order valence-electron chi connectivity index (χ4n) is 2.99. The summed E-state index contributed by atoms with van der Waals surface area (Å²) in [5.41, 5.74) is 0.425. The lowest BCUT2D eigenvalue weighted by Crippen LogP contribution is -2.20. The Bertz CT molecular complexity index is 736. The van der Waals surface area contributed by atoms with Crippen molar-refractivity contribution in [1.82, 2.24) is 15.0 Å². The molecule has 1 aliphatic carbocycles. The number of ether oxygens (including phenoxy) is 1. The van der Waals surface area contributed by atoms with Gasteiger partial charge in [-0.3, -0.25) is 0 Å². The summed E-state index contributed by atoms with van der Waals surface area (Å²) < 4.78 is 19.0. The van der Waals surface area contributed by atoms with E-state index >= 15 is 0 Å². The third-order valence-electron chi connectivity index (χ3n) is 4.28. The van der Waals surface area contributed by atoms with Crippen LogP contribution < -0.4 is 15.4 Å². The fraction of sp³-hybridized carbons (Fsp3) is 0.500. The zero-order valence-corrected chi connectivity index (χ0v) is 14.8. The first-order valence-corrected chi connectivity index (χ1v) is 9.05. The molecule has 2 aromatic rings. The molecule has 1 aromatic heterocycles. The van der Waals surface area contributed by atoms with Crippen molar-refractivity contribution in [2.24, 2.45) is 0 Å². The van der Waals surface area contributed by atoms with Gasteiger partial charge >= 0.3 is 6.01 Å². The number of halogens is 1. The lowest BCUT2D eigenvalue weighted by molar-refractivity contribution is 0.312. The van der Waals surface area contributed by atoms with E-state index in [-0.39, 0.29) is 12.0 Å². The van der Waals surface area contributed by atoms with Crippen molar-refractivity contribution < 1.29 is 14.2 Å². The summed E-state index contributed by atoms with van der Waals surface area (Å²) in [4.78, 5) is 12.9. The van der Waals surface area contributed by atoms with Gasteiger partial charge in [0.25, 0.3) is 0 Å². The second-order valence-electron chi connectivity index (χ2n) is 6.32. The van der Waals surface area contributed by atoms with Gasteiger partial charge in [-0.2, -0.15) is 15.0 Å². The van der Waals surface area contributed by atoms with Crippen molar-refractivity contribution in [2.75, 3.05) is 17.2 Å². The molecule has 0 radical (unpaired) electrons. The lowest BCUT2D eigenvalue weighted by Gasteiger charge is -2.17. The minimum absolute atomic E-state index is 0.209. The highest BCUT2D eigenvalue weighted by Gasteiger charge is 2.15. The number of aromatic nitrogens is 3. The van der Waals surface area contributed by atoms with Gasteiger partial charge in [-0.25, -0.2) is 4.39 Å². The summed E-state index contributed by atoms with van der Waals surface area (Å²) >= 11 is 0. The molecule has 0 aliphatic heterocycles. The first-order valence-electron chi connectivity index (χ1n) is 9.05. The van der Waals surface area contributed by atoms with Crippen LogP contribution in [0.25, 0.3) is 0 Å². The standard InChI is InChI=1S/C18H24FN5O2/c1-2-26-18-23-16(20-12-7-5-3-4-6-8-12)22-17(24-18)21-13-9-10-15(25)14(19)11-13/h9-12,25H,2-8H2,1H3,(H2,20,21,22,23,24). The number of anilines is 3. The number of nitrogens with one attached hydrogen (secondary N) is 2. The Kier molecular flexibility index (Phi) is 6.04. The minimum Gasteiger partial charge on any atom is -0.505 e. The summed E-state index contributed by atoms with van der Waals surface area (Å²) in [5.74, 6) is -0.426. The number of hydrogen-bond acceptors (Lipinski definition) is 7. The third-order valence-corrected chi connectivity index (χ3v) is 4.28.